The molecule has 1 heterocycles. The van der Waals surface area contributed by atoms with E-state index in [0.29, 0.717) is 6.54 Å². The van der Waals surface area contributed by atoms with Gasteiger partial charge in [-0.1, -0.05) is 18.2 Å². The molecular weight excluding hydrogens is 282 g/mol. The van der Waals surface area contributed by atoms with E-state index in [-0.39, 0.29) is 17.4 Å². The third-order valence-corrected chi connectivity index (χ3v) is 4.43. The van der Waals surface area contributed by atoms with Crippen LogP contribution in [0.15, 0.2) is 29.6 Å². The molecular formula is C13H13NO3S2. The third kappa shape index (κ3) is 3.97. The van der Waals surface area contributed by atoms with E-state index in [1.807, 2.05) is 29.6 Å². The lowest BCUT2D eigenvalue weighted by molar-refractivity contribution is -0.133. The van der Waals surface area contributed by atoms with Crippen molar-refractivity contribution in [3.63, 3.8) is 0 Å². The Bertz CT molecular complexity index is 594. The number of hydrogen-bond donors (Lipinski definition) is 2. The Morgan fingerprint density at radius 2 is 2.05 bits per heavy atom. The van der Waals surface area contributed by atoms with Crippen LogP contribution in [0.4, 0.5) is 0 Å². The van der Waals surface area contributed by atoms with Crippen molar-refractivity contribution in [2.75, 3.05) is 11.5 Å². The highest BCUT2D eigenvalue weighted by Crippen LogP contribution is 2.25. The Morgan fingerprint density at radius 1 is 1.26 bits per heavy atom. The first kappa shape index (κ1) is 13.9. The molecule has 0 aliphatic heterocycles. The Balaban J connectivity index is 1.85. The summed E-state index contributed by atoms with van der Waals surface area (Å²) in [6, 6.07) is 8.05. The topological polar surface area (TPSA) is 66.4 Å². The average Bonchev–Trinajstić information content (AvgIpc) is 2.79. The molecule has 0 radical (unpaired) electrons. The number of hydrogen-bond acceptors (Lipinski definition) is 4. The lowest BCUT2D eigenvalue weighted by atomic mass is 10.2. The molecule has 0 spiro atoms. The SMILES string of the molecule is O=C(O)CSCC(=O)NCc1csc2ccccc12. The maximum Gasteiger partial charge on any atom is 0.313 e. The molecule has 4 nitrogen and oxygen atoms in total. The van der Waals surface area contributed by atoms with Crippen LogP contribution in [0.3, 0.4) is 0 Å². The molecule has 0 atom stereocenters. The lowest BCUT2D eigenvalue weighted by Crippen LogP contribution is -2.24. The Hall–Kier alpha value is -1.53. The molecule has 1 aromatic carbocycles. The van der Waals surface area contributed by atoms with Crippen molar-refractivity contribution in [1.29, 1.82) is 0 Å². The first-order valence-electron chi connectivity index (χ1n) is 5.68. The van der Waals surface area contributed by atoms with Crippen molar-refractivity contribution in [2.24, 2.45) is 0 Å². The van der Waals surface area contributed by atoms with Gasteiger partial charge in [-0.25, -0.2) is 0 Å². The van der Waals surface area contributed by atoms with E-state index in [0.717, 1.165) is 22.7 Å². The zero-order valence-electron chi connectivity index (χ0n) is 10.1. The van der Waals surface area contributed by atoms with Gasteiger partial charge in [-0.15, -0.1) is 23.1 Å². The van der Waals surface area contributed by atoms with Crippen molar-refractivity contribution in [3.8, 4) is 0 Å². The quantitative estimate of drug-likeness (QED) is 0.858. The number of fused-ring (bicyclic) bond motifs is 1. The van der Waals surface area contributed by atoms with Gasteiger partial charge < -0.3 is 10.4 Å². The fraction of sp³-hybridized carbons (Fsp3) is 0.231. The van der Waals surface area contributed by atoms with Gasteiger partial charge in [-0.05, 0) is 22.4 Å². The molecule has 0 aliphatic carbocycles. The van der Waals surface area contributed by atoms with E-state index in [9.17, 15) is 9.59 Å². The Labute approximate surface area is 118 Å². The van der Waals surface area contributed by atoms with Gasteiger partial charge in [0.15, 0.2) is 0 Å². The van der Waals surface area contributed by atoms with Crippen LogP contribution in [0.2, 0.25) is 0 Å². The van der Waals surface area contributed by atoms with Crippen molar-refractivity contribution < 1.29 is 14.7 Å². The lowest BCUT2D eigenvalue weighted by Gasteiger charge is -2.03. The predicted molar refractivity (Wildman–Crippen MR) is 78.6 cm³/mol. The molecule has 6 heteroatoms. The molecule has 0 saturated heterocycles. The fourth-order valence-corrected chi connectivity index (χ4v) is 3.17. The maximum atomic E-state index is 11.5. The summed E-state index contributed by atoms with van der Waals surface area (Å²) >= 11 is 2.75. The molecule has 2 rings (SSSR count). The van der Waals surface area contributed by atoms with Gasteiger partial charge in [0.25, 0.3) is 0 Å². The summed E-state index contributed by atoms with van der Waals surface area (Å²) in [5.41, 5.74) is 1.09. The van der Waals surface area contributed by atoms with Crippen LogP contribution in [0.5, 0.6) is 0 Å². The number of nitrogens with one attached hydrogen (secondary N) is 1. The van der Waals surface area contributed by atoms with Gasteiger partial charge in [0.2, 0.25) is 5.91 Å². The predicted octanol–water partition coefficient (Wildman–Crippen LogP) is 2.34. The van der Waals surface area contributed by atoms with Crippen LogP contribution in [-0.4, -0.2) is 28.5 Å². The van der Waals surface area contributed by atoms with Crippen molar-refractivity contribution >= 4 is 45.1 Å². The molecule has 0 unspecified atom stereocenters. The number of aliphatic carboxylic acids is 1. The molecule has 2 aromatic rings. The van der Waals surface area contributed by atoms with Crippen LogP contribution in [0.25, 0.3) is 10.1 Å². The Kier molecular flexibility index (Phi) is 4.81. The first-order chi connectivity index (χ1) is 9.16. The van der Waals surface area contributed by atoms with Crippen molar-refractivity contribution in [1.82, 2.24) is 5.32 Å². The third-order valence-electron chi connectivity index (χ3n) is 2.50. The van der Waals surface area contributed by atoms with E-state index >= 15 is 0 Å². The summed E-state index contributed by atoms with van der Waals surface area (Å²) in [6.07, 6.45) is 0. The second-order valence-electron chi connectivity index (χ2n) is 3.92. The maximum absolute atomic E-state index is 11.5. The summed E-state index contributed by atoms with van der Waals surface area (Å²) in [5.74, 6) is -0.911. The largest absolute Gasteiger partial charge is 0.481 e. The van der Waals surface area contributed by atoms with Gasteiger partial charge in [0.1, 0.15) is 0 Å². The number of benzene rings is 1. The van der Waals surface area contributed by atoms with Crippen LogP contribution in [0, 0.1) is 0 Å². The zero-order chi connectivity index (χ0) is 13.7. The van der Waals surface area contributed by atoms with Crippen LogP contribution in [0.1, 0.15) is 5.56 Å². The first-order valence-corrected chi connectivity index (χ1v) is 7.71. The molecule has 19 heavy (non-hydrogen) atoms. The molecule has 0 fully saturated rings. The van der Waals surface area contributed by atoms with Gasteiger partial charge in [-0.2, -0.15) is 0 Å². The van der Waals surface area contributed by atoms with Crippen LogP contribution < -0.4 is 5.32 Å². The normalized spacial score (nSPS) is 10.5. The van der Waals surface area contributed by atoms with E-state index < -0.39 is 5.97 Å². The summed E-state index contributed by atoms with van der Waals surface area (Å²) in [7, 11) is 0. The van der Waals surface area contributed by atoms with Crippen molar-refractivity contribution in [2.45, 2.75) is 6.54 Å². The smallest absolute Gasteiger partial charge is 0.313 e. The Morgan fingerprint density at radius 3 is 2.84 bits per heavy atom. The molecule has 0 bridgehead atoms. The van der Waals surface area contributed by atoms with Crippen LogP contribution >= 0.6 is 23.1 Å². The van der Waals surface area contributed by atoms with Gasteiger partial charge in [0.05, 0.1) is 11.5 Å². The number of carboxylic acid groups (broad SMARTS) is 1. The zero-order valence-corrected chi connectivity index (χ0v) is 11.7. The minimum Gasteiger partial charge on any atom is -0.481 e. The number of carbonyl (C=O) groups is 2. The van der Waals surface area contributed by atoms with Gasteiger partial charge in [-0.3, -0.25) is 9.59 Å². The summed E-state index contributed by atoms with van der Waals surface area (Å²) in [4.78, 5) is 21.9. The highest BCUT2D eigenvalue weighted by Gasteiger charge is 2.06. The molecule has 1 amide bonds. The monoisotopic (exact) mass is 295 g/mol. The number of rotatable bonds is 6. The second kappa shape index (κ2) is 6.58. The standard InChI is InChI=1S/C13H13NO3S2/c15-12(7-18-8-13(16)17)14-5-9-6-19-11-4-2-1-3-10(9)11/h1-4,6H,5,7-8H2,(H,14,15)(H,16,17). The second-order valence-corrected chi connectivity index (χ2v) is 5.82. The summed E-state index contributed by atoms with van der Waals surface area (Å²) in [6.45, 7) is 0.483. The highest BCUT2D eigenvalue weighted by atomic mass is 32.2. The minimum atomic E-state index is -0.901. The van der Waals surface area contributed by atoms with Gasteiger partial charge >= 0.3 is 5.97 Å². The molecule has 2 N–H and O–H groups in total. The fourth-order valence-electron chi connectivity index (χ4n) is 1.65. The van der Waals surface area contributed by atoms with E-state index in [4.69, 9.17) is 5.11 Å². The molecule has 0 saturated carbocycles. The van der Waals surface area contributed by atoms with E-state index in [1.165, 1.54) is 4.70 Å². The van der Waals surface area contributed by atoms with Crippen LogP contribution in [-0.2, 0) is 16.1 Å². The van der Waals surface area contributed by atoms with E-state index in [2.05, 4.69) is 5.32 Å². The van der Waals surface area contributed by atoms with E-state index in [1.54, 1.807) is 11.3 Å². The number of thioether (sulfide) groups is 1. The van der Waals surface area contributed by atoms with Gasteiger partial charge in [0, 0.05) is 11.2 Å². The van der Waals surface area contributed by atoms with Crippen molar-refractivity contribution in [3.05, 3.63) is 35.2 Å². The summed E-state index contributed by atoms with van der Waals surface area (Å²) < 4.78 is 1.20. The average molecular weight is 295 g/mol. The highest BCUT2D eigenvalue weighted by molar-refractivity contribution is 8.00. The summed E-state index contributed by atoms with van der Waals surface area (Å²) in [5, 5.41) is 14.5. The number of thiophene rings is 1. The number of carboxylic acids is 1. The number of amides is 1. The minimum absolute atomic E-state index is 0.0468. The number of carbonyl (C=O) groups excluding carboxylic acids is 1. The molecule has 100 valence electrons. The molecule has 1 aromatic heterocycles. The molecule has 0 aliphatic rings.